The number of rotatable bonds is 7. The number of thioether (sulfide) groups is 1. The second-order valence-corrected chi connectivity index (χ2v) is 7.79. The molecule has 0 radical (unpaired) electrons. The average molecular weight is 371 g/mol. The number of anilines is 2. The lowest BCUT2D eigenvalue weighted by atomic mass is 10.1. The summed E-state index contributed by atoms with van der Waals surface area (Å²) in [5.74, 6) is -0.00683. The van der Waals surface area contributed by atoms with Gasteiger partial charge in [0, 0.05) is 22.7 Å². The highest BCUT2D eigenvalue weighted by Crippen LogP contribution is 2.26. The van der Waals surface area contributed by atoms with E-state index >= 15 is 0 Å². The van der Waals surface area contributed by atoms with Crippen LogP contribution in [0, 0.1) is 13.8 Å². The fraction of sp³-hybridized carbons (Fsp3) is 0.333. The van der Waals surface area contributed by atoms with Crippen molar-refractivity contribution in [3.63, 3.8) is 0 Å². The maximum absolute atomic E-state index is 12.4. The third kappa shape index (κ3) is 5.92. The van der Waals surface area contributed by atoms with Gasteiger partial charge in [-0.05, 0) is 74.7 Å². The van der Waals surface area contributed by atoms with Gasteiger partial charge in [-0.1, -0.05) is 13.0 Å². The molecule has 1 unspecified atom stereocenters. The molecule has 0 bridgehead atoms. The van der Waals surface area contributed by atoms with E-state index in [9.17, 15) is 9.59 Å². The van der Waals surface area contributed by atoms with E-state index in [0.717, 1.165) is 28.3 Å². The number of hydrogen-bond donors (Lipinski definition) is 2. The molecule has 0 aromatic heterocycles. The number of nitrogens with one attached hydrogen (secondary N) is 2. The van der Waals surface area contributed by atoms with Gasteiger partial charge in [0.2, 0.25) is 11.8 Å². The molecule has 0 saturated carbocycles. The Balaban J connectivity index is 1.91. The first-order chi connectivity index (χ1) is 12.4. The first-order valence-corrected chi connectivity index (χ1v) is 9.71. The van der Waals surface area contributed by atoms with E-state index in [1.165, 1.54) is 17.3 Å². The quantitative estimate of drug-likeness (QED) is 0.662. The molecule has 1 atom stereocenters. The highest BCUT2D eigenvalue weighted by atomic mass is 32.2. The zero-order chi connectivity index (χ0) is 19.1. The minimum Gasteiger partial charge on any atom is -0.326 e. The summed E-state index contributed by atoms with van der Waals surface area (Å²) in [6.45, 7) is 7.94. The summed E-state index contributed by atoms with van der Waals surface area (Å²) in [6.07, 6.45) is 1.35. The number of carbonyl (C=O) groups excluding carboxylic acids is 2. The number of aryl methyl sites for hydroxylation is 2. The first kappa shape index (κ1) is 20.0. The number of carbonyl (C=O) groups is 2. The van der Waals surface area contributed by atoms with Crippen molar-refractivity contribution < 1.29 is 9.59 Å². The third-order valence-electron chi connectivity index (χ3n) is 4.07. The lowest BCUT2D eigenvalue weighted by Crippen LogP contribution is -2.22. The molecule has 2 amide bonds. The predicted molar refractivity (Wildman–Crippen MR) is 110 cm³/mol. The van der Waals surface area contributed by atoms with Crippen LogP contribution >= 0.6 is 11.8 Å². The van der Waals surface area contributed by atoms with E-state index in [1.54, 1.807) is 0 Å². The second-order valence-electron chi connectivity index (χ2n) is 6.37. The molecular formula is C21H26N2O2S. The van der Waals surface area contributed by atoms with E-state index in [4.69, 9.17) is 0 Å². The van der Waals surface area contributed by atoms with Crippen molar-refractivity contribution in [2.24, 2.45) is 0 Å². The second kappa shape index (κ2) is 9.43. The van der Waals surface area contributed by atoms with Crippen LogP contribution in [0.2, 0.25) is 0 Å². The molecule has 0 spiro atoms. The number of benzene rings is 2. The standard InChI is InChI=1S/C21H26N2O2S/c1-5-6-20(24)22-17-9-11-19(12-10-17)26-16(4)21(25)23-18-8-7-14(2)15(3)13-18/h7-13,16H,5-6H2,1-4H3,(H,22,24)(H,23,25). The lowest BCUT2D eigenvalue weighted by Gasteiger charge is -2.13. The number of hydrogen-bond acceptors (Lipinski definition) is 3. The number of amides is 2. The Morgan fingerprint density at radius 1 is 0.962 bits per heavy atom. The molecule has 4 nitrogen and oxygen atoms in total. The first-order valence-electron chi connectivity index (χ1n) is 8.83. The van der Waals surface area contributed by atoms with Gasteiger partial charge in [0.25, 0.3) is 0 Å². The van der Waals surface area contributed by atoms with Gasteiger partial charge in [0.05, 0.1) is 5.25 Å². The normalized spacial score (nSPS) is 11.7. The van der Waals surface area contributed by atoms with Crippen molar-refractivity contribution >= 4 is 35.0 Å². The molecule has 0 fully saturated rings. The highest BCUT2D eigenvalue weighted by Gasteiger charge is 2.15. The summed E-state index contributed by atoms with van der Waals surface area (Å²) in [5.41, 5.74) is 3.96. The van der Waals surface area contributed by atoms with Crippen LogP contribution in [0.25, 0.3) is 0 Å². The molecule has 5 heteroatoms. The minimum absolute atomic E-state index is 0.0223. The summed E-state index contributed by atoms with van der Waals surface area (Å²) in [4.78, 5) is 25.0. The molecular weight excluding hydrogens is 344 g/mol. The lowest BCUT2D eigenvalue weighted by molar-refractivity contribution is -0.116. The van der Waals surface area contributed by atoms with E-state index in [0.29, 0.717) is 6.42 Å². The van der Waals surface area contributed by atoms with Crippen LogP contribution in [0.1, 0.15) is 37.8 Å². The molecule has 0 heterocycles. The van der Waals surface area contributed by atoms with Gasteiger partial charge in [-0.3, -0.25) is 9.59 Å². The van der Waals surface area contributed by atoms with E-state index < -0.39 is 0 Å². The van der Waals surface area contributed by atoms with Crippen LogP contribution in [0.5, 0.6) is 0 Å². The molecule has 2 N–H and O–H groups in total. The van der Waals surface area contributed by atoms with Crippen LogP contribution in [0.3, 0.4) is 0 Å². The van der Waals surface area contributed by atoms with Crippen molar-refractivity contribution in [3.8, 4) is 0 Å². The summed E-state index contributed by atoms with van der Waals surface area (Å²) in [5, 5.41) is 5.60. The minimum atomic E-state index is -0.225. The average Bonchev–Trinajstić information content (AvgIpc) is 2.60. The van der Waals surface area contributed by atoms with Crippen molar-refractivity contribution in [3.05, 3.63) is 53.6 Å². The Labute approximate surface area is 159 Å². The van der Waals surface area contributed by atoms with Crippen molar-refractivity contribution in [1.29, 1.82) is 0 Å². The summed E-state index contributed by atoms with van der Waals surface area (Å²) in [6, 6.07) is 13.5. The van der Waals surface area contributed by atoms with Gasteiger partial charge in [0.15, 0.2) is 0 Å². The third-order valence-corrected chi connectivity index (χ3v) is 5.18. The summed E-state index contributed by atoms with van der Waals surface area (Å²) < 4.78 is 0. The molecule has 26 heavy (non-hydrogen) atoms. The largest absolute Gasteiger partial charge is 0.326 e. The van der Waals surface area contributed by atoms with Gasteiger partial charge in [-0.2, -0.15) is 0 Å². The predicted octanol–water partition coefficient (Wildman–Crippen LogP) is 5.16. The van der Waals surface area contributed by atoms with E-state index in [2.05, 4.69) is 10.6 Å². The molecule has 138 valence electrons. The SMILES string of the molecule is CCCC(=O)Nc1ccc(SC(C)C(=O)Nc2ccc(C)c(C)c2)cc1. The van der Waals surface area contributed by atoms with Gasteiger partial charge in [-0.15, -0.1) is 11.8 Å². The maximum atomic E-state index is 12.4. The molecule has 0 aliphatic rings. The Bertz CT molecular complexity index is 772. The van der Waals surface area contributed by atoms with Crippen LogP contribution in [-0.4, -0.2) is 17.1 Å². The van der Waals surface area contributed by atoms with Gasteiger partial charge in [0.1, 0.15) is 0 Å². The molecule has 0 aliphatic carbocycles. The Kier molecular flexibility index (Phi) is 7.27. The summed E-state index contributed by atoms with van der Waals surface area (Å²) in [7, 11) is 0. The van der Waals surface area contributed by atoms with Crippen molar-refractivity contribution in [2.75, 3.05) is 10.6 Å². The molecule has 0 aliphatic heterocycles. The van der Waals surface area contributed by atoms with Crippen LogP contribution in [0.15, 0.2) is 47.4 Å². The van der Waals surface area contributed by atoms with Gasteiger partial charge in [-0.25, -0.2) is 0 Å². The summed E-state index contributed by atoms with van der Waals surface area (Å²) >= 11 is 1.49. The zero-order valence-electron chi connectivity index (χ0n) is 15.8. The Morgan fingerprint density at radius 2 is 1.62 bits per heavy atom. The maximum Gasteiger partial charge on any atom is 0.237 e. The highest BCUT2D eigenvalue weighted by molar-refractivity contribution is 8.00. The zero-order valence-corrected chi connectivity index (χ0v) is 16.6. The fourth-order valence-corrected chi connectivity index (χ4v) is 3.26. The smallest absolute Gasteiger partial charge is 0.237 e. The topological polar surface area (TPSA) is 58.2 Å². The van der Waals surface area contributed by atoms with Crippen LogP contribution in [-0.2, 0) is 9.59 Å². The van der Waals surface area contributed by atoms with E-state index in [1.807, 2.05) is 70.2 Å². The molecule has 0 saturated heterocycles. The Morgan fingerprint density at radius 3 is 2.23 bits per heavy atom. The fourth-order valence-electron chi connectivity index (χ4n) is 2.39. The van der Waals surface area contributed by atoms with Crippen LogP contribution < -0.4 is 10.6 Å². The van der Waals surface area contributed by atoms with E-state index in [-0.39, 0.29) is 17.1 Å². The van der Waals surface area contributed by atoms with Crippen molar-refractivity contribution in [1.82, 2.24) is 0 Å². The molecule has 2 rings (SSSR count). The monoisotopic (exact) mass is 370 g/mol. The van der Waals surface area contributed by atoms with Crippen LogP contribution in [0.4, 0.5) is 11.4 Å². The van der Waals surface area contributed by atoms with Gasteiger partial charge < -0.3 is 10.6 Å². The van der Waals surface area contributed by atoms with Gasteiger partial charge >= 0.3 is 0 Å². The van der Waals surface area contributed by atoms with Crippen molar-refractivity contribution in [2.45, 2.75) is 50.7 Å². The Hall–Kier alpha value is -2.27. The molecule has 2 aromatic rings. The molecule has 2 aromatic carbocycles.